The Hall–Kier alpha value is -2.57. The molecule has 152 valence electrons. The molecule has 2 amide bonds. The minimum atomic E-state index is -0.196. The maximum absolute atomic E-state index is 12.6. The average Bonchev–Trinajstić information content (AvgIpc) is 3.50. The Labute approximate surface area is 171 Å². The standard InChI is InChI=1S/C23H27N3O3/c27-23(24-17-12-18-15-28-22(16-10-11-16)14-26(18)13-17)25-20-8-4-5-9-21(20)29-19-6-2-1-3-7-19/h1-9,16-18,22H,10-15H2,(H2,24,25,27)/t17-,18+,22-/m1/s1. The zero-order valence-electron chi connectivity index (χ0n) is 16.4. The van der Waals surface area contributed by atoms with Gasteiger partial charge in [0.05, 0.1) is 18.4 Å². The van der Waals surface area contributed by atoms with E-state index in [1.807, 2.05) is 54.6 Å². The van der Waals surface area contributed by atoms with Crippen LogP contribution in [0.2, 0.25) is 0 Å². The number of amides is 2. The van der Waals surface area contributed by atoms with E-state index in [0.29, 0.717) is 23.6 Å². The molecule has 29 heavy (non-hydrogen) atoms. The van der Waals surface area contributed by atoms with Gasteiger partial charge in [0, 0.05) is 25.2 Å². The molecule has 2 aliphatic heterocycles. The number of fused-ring (bicyclic) bond motifs is 1. The number of hydrogen-bond donors (Lipinski definition) is 2. The third-order valence-corrected chi connectivity index (χ3v) is 6.03. The van der Waals surface area contributed by atoms with E-state index in [4.69, 9.17) is 9.47 Å². The first-order valence-corrected chi connectivity index (χ1v) is 10.5. The smallest absolute Gasteiger partial charge is 0.319 e. The number of benzene rings is 2. The molecule has 2 aromatic carbocycles. The number of hydrogen-bond acceptors (Lipinski definition) is 4. The molecule has 2 aromatic rings. The van der Waals surface area contributed by atoms with Gasteiger partial charge in [0.25, 0.3) is 0 Å². The molecule has 1 aliphatic carbocycles. The van der Waals surface area contributed by atoms with Crippen LogP contribution in [0.4, 0.5) is 10.5 Å². The molecular weight excluding hydrogens is 366 g/mol. The lowest BCUT2D eigenvalue weighted by Crippen LogP contribution is -2.47. The van der Waals surface area contributed by atoms with Crippen molar-refractivity contribution in [1.82, 2.24) is 10.2 Å². The summed E-state index contributed by atoms with van der Waals surface area (Å²) in [7, 11) is 0. The second-order valence-electron chi connectivity index (χ2n) is 8.26. The van der Waals surface area contributed by atoms with Crippen LogP contribution < -0.4 is 15.4 Å². The third-order valence-electron chi connectivity index (χ3n) is 6.03. The van der Waals surface area contributed by atoms with Crippen LogP contribution in [0.15, 0.2) is 54.6 Å². The lowest BCUT2D eigenvalue weighted by atomic mass is 10.1. The van der Waals surface area contributed by atoms with Crippen LogP contribution in [0.25, 0.3) is 0 Å². The highest BCUT2D eigenvalue weighted by molar-refractivity contribution is 5.91. The first kappa shape index (κ1) is 18.5. The van der Waals surface area contributed by atoms with Gasteiger partial charge in [-0.25, -0.2) is 4.79 Å². The Morgan fingerprint density at radius 1 is 1.03 bits per heavy atom. The van der Waals surface area contributed by atoms with Crippen molar-refractivity contribution in [2.45, 2.75) is 37.5 Å². The molecule has 2 heterocycles. The molecule has 2 saturated heterocycles. The Balaban J connectivity index is 1.17. The average molecular weight is 393 g/mol. The molecule has 6 nitrogen and oxygen atoms in total. The summed E-state index contributed by atoms with van der Waals surface area (Å²) in [5.74, 6) is 2.12. The van der Waals surface area contributed by atoms with Crippen molar-refractivity contribution in [1.29, 1.82) is 0 Å². The van der Waals surface area contributed by atoms with Crippen molar-refractivity contribution in [3.8, 4) is 11.5 Å². The normalized spacial score (nSPS) is 26.6. The van der Waals surface area contributed by atoms with Crippen molar-refractivity contribution >= 4 is 11.7 Å². The van der Waals surface area contributed by atoms with Gasteiger partial charge in [-0.2, -0.15) is 0 Å². The zero-order chi connectivity index (χ0) is 19.6. The SMILES string of the molecule is O=C(Nc1ccccc1Oc1ccccc1)N[C@@H]1C[C@H]2CO[C@@H](C3CC3)CN2C1. The molecule has 0 unspecified atom stereocenters. The summed E-state index contributed by atoms with van der Waals surface area (Å²) in [4.78, 5) is 15.1. The summed E-state index contributed by atoms with van der Waals surface area (Å²) in [6.07, 6.45) is 3.93. The minimum Gasteiger partial charge on any atom is -0.455 e. The van der Waals surface area contributed by atoms with E-state index < -0.39 is 0 Å². The van der Waals surface area contributed by atoms with E-state index in [1.165, 1.54) is 12.8 Å². The van der Waals surface area contributed by atoms with E-state index in [-0.39, 0.29) is 12.1 Å². The maximum Gasteiger partial charge on any atom is 0.319 e. The summed E-state index contributed by atoms with van der Waals surface area (Å²) in [5, 5.41) is 6.08. The first-order valence-electron chi connectivity index (χ1n) is 10.5. The number of nitrogens with one attached hydrogen (secondary N) is 2. The Bertz CT molecular complexity index is 855. The molecule has 0 aromatic heterocycles. The largest absolute Gasteiger partial charge is 0.455 e. The lowest BCUT2D eigenvalue weighted by molar-refractivity contribution is -0.0581. The summed E-state index contributed by atoms with van der Waals surface area (Å²) in [5.41, 5.74) is 0.654. The Morgan fingerprint density at radius 2 is 1.83 bits per heavy atom. The number of urea groups is 1. The van der Waals surface area contributed by atoms with Crippen LogP contribution >= 0.6 is 0 Å². The van der Waals surface area contributed by atoms with E-state index in [0.717, 1.165) is 37.8 Å². The molecular formula is C23H27N3O3. The van der Waals surface area contributed by atoms with E-state index >= 15 is 0 Å². The van der Waals surface area contributed by atoms with Crippen molar-refractivity contribution in [3.05, 3.63) is 54.6 Å². The number of carbonyl (C=O) groups is 1. The number of rotatable bonds is 5. The van der Waals surface area contributed by atoms with E-state index in [2.05, 4.69) is 15.5 Å². The Morgan fingerprint density at radius 3 is 2.66 bits per heavy atom. The highest BCUT2D eigenvalue weighted by Gasteiger charge is 2.42. The van der Waals surface area contributed by atoms with Crippen LogP contribution in [0.3, 0.4) is 0 Å². The molecule has 2 N–H and O–H groups in total. The monoisotopic (exact) mass is 393 g/mol. The number of ether oxygens (including phenoxy) is 2. The van der Waals surface area contributed by atoms with Gasteiger partial charge >= 0.3 is 6.03 Å². The van der Waals surface area contributed by atoms with Gasteiger partial charge in [-0.3, -0.25) is 4.90 Å². The fourth-order valence-corrected chi connectivity index (χ4v) is 4.38. The number of carbonyl (C=O) groups excluding carboxylic acids is 1. The van der Waals surface area contributed by atoms with Gasteiger partial charge in [-0.15, -0.1) is 0 Å². The molecule has 0 radical (unpaired) electrons. The molecule has 6 heteroatoms. The first-order chi connectivity index (χ1) is 14.2. The second-order valence-corrected chi connectivity index (χ2v) is 8.26. The zero-order valence-corrected chi connectivity index (χ0v) is 16.4. The van der Waals surface area contributed by atoms with E-state index in [9.17, 15) is 4.79 Å². The number of morpholine rings is 1. The summed E-state index contributed by atoms with van der Waals surface area (Å²) in [6.45, 7) is 2.68. The summed E-state index contributed by atoms with van der Waals surface area (Å²) >= 11 is 0. The second kappa shape index (κ2) is 8.05. The van der Waals surface area contributed by atoms with Gasteiger partial charge in [-0.05, 0) is 49.4 Å². The third kappa shape index (κ3) is 4.38. The van der Waals surface area contributed by atoms with E-state index in [1.54, 1.807) is 0 Å². The van der Waals surface area contributed by atoms with Gasteiger partial charge < -0.3 is 20.1 Å². The quantitative estimate of drug-likeness (QED) is 0.810. The maximum atomic E-state index is 12.6. The Kier molecular flexibility index (Phi) is 5.12. The van der Waals surface area contributed by atoms with Crippen molar-refractivity contribution in [3.63, 3.8) is 0 Å². The van der Waals surface area contributed by atoms with Crippen LogP contribution in [0.5, 0.6) is 11.5 Å². The van der Waals surface area contributed by atoms with Gasteiger partial charge in [0.1, 0.15) is 5.75 Å². The topological polar surface area (TPSA) is 62.8 Å². The van der Waals surface area contributed by atoms with Crippen LogP contribution in [0, 0.1) is 5.92 Å². The summed E-state index contributed by atoms with van der Waals surface area (Å²) in [6, 6.07) is 17.4. The number of nitrogens with zero attached hydrogens (tertiary/aromatic N) is 1. The molecule has 5 rings (SSSR count). The molecule has 0 spiro atoms. The molecule has 3 atom stereocenters. The number of para-hydroxylation sites is 3. The number of anilines is 1. The van der Waals surface area contributed by atoms with Crippen molar-refractivity contribution in [2.24, 2.45) is 5.92 Å². The fourth-order valence-electron chi connectivity index (χ4n) is 4.38. The molecule has 3 fully saturated rings. The fraction of sp³-hybridized carbons (Fsp3) is 0.435. The lowest BCUT2D eigenvalue weighted by Gasteiger charge is -2.35. The van der Waals surface area contributed by atoms with Crippen LogP contribution in [0.1, 0.15) is 19.3 Å². The minimum absolute atomic E-state index is 0.142. The molecule has 3 aliphatic rings. The van der Waals surface area contributed by atoms with Gasteiger partial charge in [0.15, 0.2) is 5.75 Å². The van der Waals surface area contributed by atoms with Gasteiger partial charge in [-0.1, -0.05) is 30.3 Å². The van der Waals surface area contributed by atoms with Gasteiger partial charge in [0.2, 0.25) is 0 Å². The predicted molar refractivity (Wildman–Crippen MR) is 111 cm³/mol. The van der Waals surface area contributed by atoms with Crippen molar-refractivity contribution < 1.29 is 14.3 Å². The summed E-state index contributed by atoms with van der Waals surface area (Å²) < 4.78 is 12.0. The van der Waals surface area contributed by atoms with Crippen LogP contribution in [-0.4, -0.2) is 48.8 Å². The highest BCUT2D eigenvalue weighted by atomic mass is 16.5. The predicted octanol–water partition coefficient (Wildman–Crippen LogP) is 3.85. The molecule has 0 bridgehead atoms. The highest BCUT2D eigenvalue weighted by Crippen LogP contribution is 2.38. The van der Waals surface area contributed by atoms with Crippen molar-refractivity contribution in [2.75, 3.05) is 25.0 Å². The van der Waals surface area contributed by atoms with Crippen LogP contribution in [-0.2, 0) is 4.74 Å². The molecule has 1 saturated carbocycles.